The molecule has 0 radical (unpaired) electrons. The van der Waals surface area contributed by atoms with Crippen molar-refractivity contribution in [3.05, 3.63) is 29.3 Å². The molecule has 0 spiro atoms. The van der Waals surface area contributed by atoms with E-state index in [4.69, 9.17) is 38.3 Å². The molecule has 0 aromatic heterocycles. The zero-order chi connectivity index (χ0) is 21.2. The number of carbonyl (C=O) groups is 1. The molecule has 1 heterocycles. The van der Waals surface area contributed by atoms with Gasteiger partial charge in [-0.05, 0) is 0 Å². The van der Waals surface area contributed by atoms with Crippen molar-refractivity contribution in [3.8, 4) is 5.75 Å². The minimum atomic E-state index is -0.833. The maximum atomic E-state index is 10.3. The summed E-state index contributed by atoms with van der Waals surface area (Å²) in [6.07, 6.45) is 0. The van der Waals surface area contributed by atoms with Crippen molar-refractivity contribution in [2.45, 2.75) is 20.1 Å². The monoisotopic (exact) mass is 416 g/mol. The molecule has 166 valence electrons. The molecule has 0 fully saturated rings. The molecule has 2 rings (SSSR count). The first kappa shape index (κ1) is 25.3. The van der Waals surface area contributed by atoms with Crippen molar-refractivity contribution < 1.29 is 43.4 Å². The Balaban J connectivity index is 0.000000960. The standard InChI is InChI=1S/C18H28O7.C2H4O2/c19-18-16-2-1-3-17(18)15-25-13-11-23-9-7-21-5-4-20-6-8-22-10-12-24-14-16;1-2(3)4/h1-3,19H,4-15H2;1H3,(H,3,4). The van der Waals surface area contributed by atoms with Crippen LogP contribution in [0.25, 0.3) is 0 Å². The van der Waals surface area contributed by atoms with E-state index in [1.54, 1.807) is 0 Å². The smallest absolute Gasteiger partial charge is 0.300 e. The number of carboxylic acid groups (broad SMARTS) is 1. The Morgan fingerprint density at radius 1 is 0.690 bits per heavy atom. The molecule has 0 saturated carbocycles. The van der Waals surface area contributed by atoms with Gasteiger partial charge in [-0.2, -0.15) is 0 Å². The quantitative estimate of drug-likeness (QED) is 0.651. The van der Waals surface area contributed by atoms with Gasteiger partial charge >= 0.3 is 0 Å². The van der Waals surface area contributed by atoms with Crippen LogP contribution in [0.3, 0.4) is 0 Å². The molecule has 0 amide bonds. The topological polar surface area (TPSA) is 113 Å². The number of aromatic hydroxyl groups is 1. The van der Waals surface area contributed by atoms with Crippen LogP contribution in [0.1, 0.15) is 18.1 Å². The largest absolute Gasteiger partial charge is 0.507 e. The highest BCUT2D eigenvalue weighted by molar-refractivity contribution is 5.62. The van der Waals surface area contributed by atoms with E-state index in [-0.39, 0.29) is 5.75 Å². The number of rotatable bonds is 0. The van der Waals surface area contributed by atoms with Crippen LogP contribution in [0.2, 0.25) is 0 Å². The molecule has 1 aliphatic rings. The first-order valence-electron chi connectivity index (χ1n) is 9.57. The van der Waals surface area contributed by atoms with Crippen molar-refractivity contribution in [1.29, 1.82) is 0 Å². The predicted molar refractivity (Wildman–Crippen MR) is 104 cm³/mol. The van der Waals surface area contributed by atoms with Gasteiger partial charge in [-0.15, -0.1) is 0 Å². The van der Waals surface area contributed by atoms with Crippen LogP contribution in [0.5, 0.6) is 5.75 Å². The lowest BCUT2D eigenvalue weighted by molar-refractivity contribution is -0.134. The van der Waals surface area contributed by atoms with Crippen LogP contribution < -0.4 is 0 Å². The number of hydrogen-bond acceptors (Lipinski definition) is 8. The van der Waals surface area contributed by atoms with E-state index in [9.17, 15) is 5.11 Å². The lowest BCUT2D eigenvalue weighted by atomic mass is 10.1. The molecule has 1 aliphatic heterocycles. The van der Waals surface area contributed by atoms with Gasteiger partial charge in [0.1, 0.15) is 5.75 Å². The molecule has 1 aromatic carbocycles. The Morgan fingerprint density at radius 2 is 0.966 bits per heavy atom. The summed E-state index contributed by atoms with van der Waals surface area (Å²) in [4.78, 5) is 9.00. The summed E-state index contributed by atoms with van der Waals surface area (Å²) >= 11 is 0. The molecular weight excluding hydrogens is 384 g/mol. The molecular formula is C20H32O9. The molecule has 0 saturated heterocycles. The minimum Gasteiger partial charge on any atom is -0.507 e. The zero-order valence-electron chi connectivity index (χ0n) is 17.0. The molecule has 0 atom stereocenters. The fraction of sp³-hybridized carbons (Fsp3) is 0.650. The third-order valence-corrected chi connectivity index (χ3v) is 3.58. The summed E-state index contributed by atoms with van der Waals surface area (Å²) in [6.45, 7) is 6.81. The van der Waals surface area contributed by atoms with E-state index in [1.165, 1.54) is 0 Å². The minimum absolute atomic E-state index is 0.219. The Kier molecular flexibility index (Phi) is 14.9. The number of carboxylic acids is 1. The lowest BCUT2D eigenvalue weighted by Gasteiger charge is -2.11. The van der Waals surface area contributed by atoms with Crippen molar-refractivity contribution >= 4 is 5.97 Å². The summed E-state index contributed by atoms with van der Waals surface area (Å²) < 4.78 is 32.7. The van der Waals surface area contributed by atoms with E-state index in [0.717, 1.165) is 18.1 Å². The fourth-order valence-electron chi connectivity index (χ4n) is 2.24. The number of fused-ring (bicyclic) bond motifs is 2. The van der Waals surface area contributed by atoms with Gasteiger partial charge in [0.25, 0.3) is 5.97 Å². The second-order valence-corrected chi connectivity index (χ2v) is 6.00. The summed E-state index contributed by atoms with van der Waals surface area (Å²) in [5.41, 5.74) is 1.48. The zero-order valence-corrected chi connectivity index (χ0v) is 17.0. The highest BCUT2D eigenvalue weighted by Crippen LogP contribution is 2.23. The van der Waals surface area contributed by atoms with Gasteiger partial charge in [-0.1, -0.05) is 18.2 Å². The summed E-state index contributed by atoms with van der Waals surface area (Å²) in [5, 5.41) is 17.7. The van der Waals surface area contributed by atoms with Crippen LogP contribution in [0, 0.1) is 0 Å². The summed E-state index contributed by atoms with van der Waals surface area (Å²) in [7, 11) is 0. The van der Waals surface area contributed by atoms with Gasteiger partial charge in [0.05, 0.1) is 79.3 Å². The maximum absolute atomic E-state index is 10.3. The highest BCUT2D eigenvalue weighted by Gasteiger charge is 2.07. The van der Waals surface area contributed by atoms with E-state index in [2.05, 4.69) is 0 Å². The molecule has 2 N–H and O–H groups in total. The number of para-hydroxylation sites is 1. The molecule has 0 unspecified atom stereocenters. The van der Waals surface area contributed by atoms with Crippen molar-refractivity contribution in [2.24, 2.45) is 0 Å². The van der Waals surface area contributed by atoms with Gasteiger partial charge in [-0.3, -0.25) is 4.79 Å². The first-order chi connectivity index (χ1) is 14.1. The molecule has 29 heavy (non-hydrogen) atoms. The molecule has 9 heteroatoms. The van der Waals surface area contributed by atoms with Crippen molar-refractivity contribution in [2.75, 3.05) is 66.1 Å². The normalized spacial score (nSPS) is 18.5. The Labute approximate surface area is 171 Å². The SMILES string of the molecule is CC(=O)O.Oc1c2cccc1COCCOCCOCCOCCOCCOC2. The summed E-state index contributed by atoms with van der Waals surface area (Å²) in [5.74, 6) is -0.614. The van der Waals surface area contributed by atoms with Gasteiger partial charge in [0.2, 0.25) is 0 Å². The number of ether oxygens (including phenoxy) is 6. The number of benzene rings is 1. The predicted octanol–water partition coefficient (Wildman–Crippen LogP) is 1.60. The lowest BCUT2D eigenvalue weighted by Crippen LogP contribution is -2.13. The van der Waals surface area contributed by atoms with Crippen molar-refractivity contribution in [3.63, 3.8) is 0 Å². The maximum Gasteiger partial charge on any atom is 0.300 e. The van der Waals surface area contributed by atoms with E-state index in [0.29, 0.717) is 79.3 Å². The number of phenols is 1. The van der Waals surface area contributed by atoms with Gasteiger partial charge in [0, 0.05) is 18.1 Å². The van der Waals surface area contributed by atoms with E-state index >= 15 is 0 Å². The van der Waals surface area contributed by atoms with Crippen LogP contribution in [0.15, 0.2) is 18.2 Å². The number of phenolic OH excluding ortho intramolecular Hbond substituents is 1. The van der Waals surface area contributed by atoms with Gasteiger partial charge < -0.3 is 38.6 Å². The Hall–Kier alpha value is -1.75. The number of hydrogen-bond donors (Lipinski definition) is 2. The molecule has 1 aromatic rings. The third kappa shape index (κ3) is 14.0. The fourth-order valence-corrected chi connectivity index (χ4v) is 2.24. The highest BCUT2D eigenvalue weighted by atomic mass is 16.6. The number of aliphatic carboxylic acids is 1. The van der Waals surface area contributed by atoms with E-state index < -0.39 is 5.97 Å². The summed E-state index contributed by atoms with van der Waals surface area (Å²) in [6, 6.07) is 5.56. The van der Waals surface area contributed by atoms with Crippen LogP contribution >= 0.6 is 0 Å². The van der Waals surface area contributed by atoms with Gasteiger partial charge in [-0.25, -0.2) is 0 Å². The molecule has 0 aliphatic carbocycles. The Morgan fingerprint density at radius 3 is 1.28 bits per heavy atom. The van der Waals surface area contributed by atoms with Crippen LogP contribution in [-0.4, -0.2) is 82.3 Å². The average Bonchev–Trinajstić information content (AvgIpc) is 2.68. The average molecular weight is 416 g/mol. The van der Waals surface area contributed by atoms with Crippen LogP contribution in [0.4, 0.5) is 0 Å². The Bertz CT molecular complexity index is 509. The second kappa shape index (κ2) is 17.1. The van der Waals surface area contributed by atoms with Crippen LogP contribution in [-0.2, 0) is 46.4 Å². The second-order valence-electron chi connectivity index (χ2n) is 6.00. The van der Waals surface area contributed by atoms with E-state index in [1.807, 2.05) is 18.2 Å². The molecule has 2 bridgehead atoms. The molecule has 9 nitrogen and oxygen atoms in total. The third-order valence-electron chi connectivity index (χ3n) is 3.58. The first-order valence-corrected chi connectivity index (χ1v) is 9.57. The van der Waals surface area contributed by atoms with Gasteiger partial charge in [0.15, 0.2) is 0 Å². The van der Waals surface area contributed by atoms with Crippen molar-refractivity contribution in [1.82, 2.24) is 0 Å².